The standard InChI is InChI=1S/C34H36N2O6/c1-41-33(39)27-13-7-15-35(27)19-23-17-21-9-3-5-11-25(21)29(31(23)37)30-26-12-6-4-10-22(26)18-24(32(30)38)20-36-16-8-14-28(36)34(40)42-2/h3-6,9-12,17-18,27-28,37-38H,7-8,13-16,19-20H2,1-2H3/t27-,28-/m0/s1. The van der Waals surface area contributed by atoms with Gasteiger partial charge in [-0.3, -0.25) is 19.4 Å². The van der Waals surface area contributed by atoms with E-state index >= 15 is 0 Å². The Morgan fingerprint density at radius 3 is 1.52 bits per heavy atom. The van der Waals surface area contributed by atoms with Crippen LogP contribution in [0, 0.1) is 0 Å². The number of carbonyl (C=O) groups excluding carboxylic acids is 2. The van der Waals surface area contributed by atoms with E-state index in [1.807, 2.05) is 70.5 Å². The molecule has 218 valence electrons. The number of carbonyl (C=O) groups is 2. The van der Waals surface area contributed by atoms with Gasteiger partial charge in [0, 0.05) is 35.3 Å². The van der Waals surface area contributed by atoms with E-state index in [0.717, 1.165) is 47.5 Å². The van der Waals surface area contributed by atoms with Crippen LogP contribution in [0.3, 0.4) is 0 Å². The lowest BCUT2D eigenvalue weighted by atomic mass is 9.88. The summed E-state index contributed by atoms with van der Waals surface area (Å²) >= 11 is 0. The first kappa shape index (κ1) is 28.0. The molecule has 2 N–H and O–H groups in total. The molecule has 0 aliphatic carbocycles. The lowest BCUT2D eigenvalue weighted by molar-refractivity contribution is -0.146. The van der Waals surface area contributed by atoms with Crippen LogP contribution in [0.4, 0.5) is 0 Å². The zero-order valence-electron chi connectivity index (χ0n) is 24.0. The SMILES string of the molecule is COC(=O)[C@@H]1CCCN1Cc1cc2ccccc2c(-c2c(O)c(CN3CCC[C@H]3C(=O)OC)cc3ccccc23)c1O. The zero-order valence-corrected chi connectivity index (χ0v) is 24.0. The molecule has 0 amide bonds. The molecule has 4 aromatic carbocycles. The molecule has 0 unspecified atom stereocenters. The monoisotopic (exact) mass is 568 g/mol. The van der Waals surface area contributed by atoms with Crippen molar-refractivity contribution in [1.29, 1.82) is 0 Å². The minimum Gasteiger partial charge on any atom is -0.507 e. The molecule has 2 saturated heterocycles. The van der Waals surface area contributed by atoms with E-state index in [1.54, 1.807) is 0 Å². The molecule has 0 saturated carbocycles. The molecule has 2 atom stereocenters. The summed E-state index contributed by atoms with van der Waals surface area (Å²) in [5.74, 6) is -0.376. The number of likely N-dealkylation sites (tertiary alicyclic amines) is 2. The Hall–Kier alpha value is -4.14. The summed E-state index contributed by atoms with van der Waals surface area (Å²) in [6.45, 7) is 2.19. The number of fused-ring (bicyclic) bond motifs is 2. The zero-order chi connectivity index (χ0) is 29.4. The average Bonchev–Trinajstić information content (AvgIpc) is 3.67. The Labute approximate surface area is 245 Å². The number of phenols is 2. The van der Waals surface area contributed by atoms with Crippen molar-refractivity contribution in [3.05, 3.63) is 71.8 Å². The molecule has 2 aliphatic rings. The van der Waals surface area contributed by atoms with Crippen LogP contribution in [0.1, 0.15) is 36.8 Å². The number of methoxy groups -OCH3 is 2. The summed E-state index contributed by atoms with van der Waals surface area (Å²) in [6.07, 6.45) is 3.17. The van der Waals surface area contributed by atoms with E-state index in [2.05, 4.69) is 0 Å². The Morgan fingerprint density at radius 2 is 1.12 bits per heavy atom. The van der Waals surface area contributed by atoms with Crippen LogP contribution >= 0.6 is 0 Å². The number of ether oxygens (including phenoxy) is 2. The maximum absolute atomic E-state index is 12.5. The third-order valence-electron chi connectivity index (χ3n) is 8.87. The van der Waals surface area contributed by atoms with E-state index in [4.69, 9.17) is 9.47 Å². The maximum Gasteiger partial charge on any atom is 0.323 e. The van der Waals surface area contributed by atoms with Crippen LogP contribution in [-0.4, -0.2) is 71.3 Å². The molecule has 8 heteroatoms. The summed E-state index contributed by atoms with van der Waals surface area (Å²) in [7, 11) is 2.81. The number of benzene rings is 4. The fourth-order valence-electron chi connectivity index (χ4n) is 6.81. The molecule has 0 aromatic heterocycles. The second-order valence-corrected chi connectivity index (χ2v) is 11.3. The summed E-state index contributed by atoms with van der Waals surface area (Å²) in [6, 6.07) is 18.9. The van der Waals surface area contributed by atoms with Crippen molar-refractivity contribution in [2.24, 2.45) is 0 Å². The predicted molar refractivity (Wildman–Crippen MR) is 161 cm³/mol. The number of phenolic OH excluding ortho intramolecular Hbond substituents is 2. The van der Waals surface area contributed by atoms with E-state index < -0.39 is 0 Å². The Bertz CT molecular complexity index is 1540. The first-order valence-electron chi connectivity index (χ1n) is 14.5. The van der Waals surface area contributed by atoms with Gasteiger partial charge in [-0.25, -0.2) is 0 Å². The predicted octanol–water partition coefficient (Wildman–Crippen LogP) is 5.35. The molecular formula is C34H36N2O6. The highest BCUT2D eigenvalue weighted by Gasteiger charge is 2.34. The van der Waals surface area contributed by atoms with Crippen LogP contribution in [0.2, 0.25) is 0 Å². The minimum atomic E-state index is -0.356. The molecular weight excluding hydrogens is 532 g/mol. The Balaban J connectivity index is 1.52. The van der Waals surface area contributed by atoms with Gasteiger partial charge < -0.3 is 19.7 Å². The first-order chi connectivity index (χ1) is 20.4. The van der Waals surface area contributed by atoms with Gasteiger partial charge in [-0.2, -0.15) is 0 Å². The fourth-order valence-corrected chi connectivity index (χ4v) is 6.81. The maximum atomic E-state index is 12.5. The fraction of sp³-hybridized carbons (Fsp3) is 0.353. The second kappa shape index (κ2) is 11.6. The van der Waals surface area contributed by atoms with Gasteiger partial charge in [-0.1, -0.05) is 48.5 Å². The van der Waals surface area contributed by atoms with Crippen molar-refractivity contribution < 1.29 is 29.3 Å². The highest BCUT2D eigenvalue weighted by molar-refractivity contribution is 6.10. The third-order valence-corrected chi connectivity index (χ3v) is 8.87. The van der Waals surface area contributed by atoms with Crippen molar-refractivity contribution in [2.45, 2.75) is 50.9 Å². The highest BCUT2D eigenvalue weighted by Crippen LogP contribution is 2.48. The number of hydrogen-bond donors (Lipinski definition) is 2. The quantitative estimate of drug-likeness (QED) is 0.288. The Kier molecular flexibility index (Phi) is 7.75. The second-order valence-electron chi connectivity index (χ2n) is 11.3. The van der Waals surface area contributed by atoms with Crippen LogP contribution < -0.4 is 0 Å². The van der Waals surface area contributed by atoms with E-state index in [1.165, 1.54) is 14.2 Å². The normalized spacial score (nSPS) is 19.5. The molecule has 8 nitrogen and oxygen atoms in total. The number of aromatic hydroxyl groups is 2. The van der Waals surface area contributed by atoms with Gasteiger partial charge in [-0.05, 0) is 72.5 Å². The van der Waals surface area contributed by atoms with Crippen molar-refractivity contribution >= 4 is 33.5 Å². The third kappa shape index (κ3) is 4.95. The largest absolute Gasteiger partial charge is 0.507 e. The van der Waals surface area contributed by atoms with Crippen LogP contribution in [-0.2, 0) is 32.2 Å². The molecule has 0 radical (unpaired) electrons. The molecule has 2 heterocycles. The molecule has 4 aromatic rings. The van der Waals surface area contributed by atoms with Crippen molar-refractivity contribution in [1.82, 2.24) is 9.80 Å². The van der Waals surface area contributed by atoms with Gasteiger partial charge in [-0.15, -0.1) is 0 Å². The average molecular weight is 569 g/mol. The van der Waals surface area contributed by atoms with Crippen molar-refractivity contribution in [2.75, 3.05) is 27.3 Å². The van der Waals surface area contributed by atoms with Gasteiger partial charge in [0.25, 0.3) is 0 Å². The summed E-state index contributed by atoms with van der Waals surface area (Å²) < 4.78 is 10.1. The summed E-state index contributed by atoms with van der Waals surface area (Å²) in [5, 5.41) is 27.4. The molecule has 2 aliphatic heterocycles. The highest BCUT2D eigenvalue weighted by atomic mass is 16.5. The van der Waals surface area contributed by atoms with E-state index in [-0.39, 0.29) is 35.5 Å². The lowest BCUT2D eigenvalue weighted by Gasteiger charge is -2.26. The van der Waals surface area contributed by atoms with Gasteiger partial charge in [0.05, 0.1) is 14.2 Å². The molecule has 2 fully saturated rings. The molecule has 42 heavy (non-hydrogen) atoms. The van der Waals surface area contributed by atoms with Crippen LogP contribution in [0.15, 0.2) is 60.7 Å². The number of rotatable bonds is 7. The lowest BCUT2D eigenvalue weighted by Crippen LogP contribution is -2.36. The van der Waals surface area contributed by atoms with Crippen molar-refractivity contribution in [3.8, 4) is 22.6 Å². The number of hydrogen-bond acceptors (Lipinski definition) is 8. The first-order valence-corrected chi connectivity index (χ1v) is 14.5. The van der Waals surface area contributed by atoms with Gasteiger partial charge >= 0.3 is 11.9 Å². The van der Waals surface area contributed by atoms with Crippen molar-refractivity contribution in [3.63, 3.8) is 0 Å². The Morgan fingerprint density at radius 1 is 0.714 bits per heavy atom. The minimum absolute atomic E-state index is 0.0791. The van der Waals surface area contributed by atoms with Gasteiger partial charge in [0.15, 0.2) is 0 Å². The smallest absolute Gasteiger partial charge is 0.323 e. The summed E-state index contributed by atoms with van der Waals surface area (Å²) in [4.78, 5) is 29.0. The number of nitrogens with zero attached hydrogens (tertiary/aromatic N) is 2. The van der Waals surface area contributed by atoms with E-state index in [9.17, 15) is 19.8 Å². The molecule has 0 spiro atoms. The van der Waals surface area contributed by atoms with Gasteiger partial charge in [0.2, 0.25) is 0 Å². The van der Waals surface area contributed by atoms with E-state index in [0.29, 0.717) is 48.2 Å². The molecule has 6 rings (SSSR count). The van der Waals surface area contributed by atoms with Crippen LogP contribution in [0.25, 0.3) is 32.7 Å². The summed E-state index contributed by atoms with van der Waals surface area (Å²) in [5.41, 5.74) is 2.47. The molecule has 0 bridgehead atoms. The number of esters is 2. The van der Waals surface area contributed by atoms with Gasteiger partial charge in [0.1, 0.15) is 23.6 Å². The topological polar surface area (TPSA) is 99.5 Å². The van der Waals surface area contributed by atoms with Crippen LogP contribution in [0.5, 0.6) is 11.5 Å².